The number of hydrogen-bond acceptors (Lipinski definition) is 6. The quantitative estimate of drug-likeness (QED) is 0.805. The number of carbonyl (C=O) groups excluding carboxylic acids is 1. The summed E-state index contributed by atoms with van der Waals surface area (Å²) in [4.78, 5) is 12.5. The van der Waals surface area contributed by atoms with Gasteiger partial charge in [0.05, 0.1) is 11.5 Å². The van der Waals surface area contributed by atoms with Gasteiger partial charge in [-0.3, -0.25) is 4.79 Å². The maximum Gasteiger partial charge on any atom is 0.319 e. The van der Waals surface area contributed by atoms with Gasteiger partial charge in [-0.15, -0.1) is 21.5 Å². The molecule has 0 bridgehead atoms. The van der Waals surface area contributed by atoms with E-state index in [1.807, 2.05) is 29.1 Å². The van der Waals surface area contributed by atoms with Crippen LogP contribution in [0.4, 0.5) is 0 Å². The lowest BCUT2D eigenvalue weighted by Crippen LogP contribution is -2.10. The average molecular weight is 281 g/mol. The Morgan fingerprint density at radius 2 is 2.44 bits per heavy atom. The SMILES string of the molecule is Cn1c(S[C@@H]2CCOC2=O)nnc1-c1cccs1. The molecule has 2 aromatic heterocycles. The monoisotopic (exact) mass is 281 g/mol. The summed E-state index contributed by atoms with van der Waals surface area (Å²) in [6.07, 6.45) is 0.741. The molecule has 0 N–H and O–H groups in total. The molecular formula is C11H11N3O2S2. The number of thiophene rings is 1. The van der Waals surface area contributed by atoms with Gasteiger partial charge < -0.3 is 9.30 Å². The van der Waals surface area contributed by atoms with E-state index in [0.717, 1.165) is 22.3 Å². The minimum atomic E-state index is -0.152. The van der Waals surface area contributed by atoms with Crippen molar-refractivity contribution in [1.29, 1.82) is 0 Å². The van der Waals surface area contributed by atoms with Gasteiger partial charge in [0.2, 0.25) is 0 Å². The zero-order chi connectivity index (χ0) is 12.5. The molecule has 1 aliphatic rings. The number of cyclic esters (lactones) is 1. The summed E-state index contributed by atoms with van der Waals surface area (Å²) in [5, 5.41) is 10.9. The molecule has 1 atom stereocenters. The van der Waals surface area contributed by atoms with Crippen molar-refractivity contribution in [3.63, 3.8) is 0 Å². The fourth-order valence-electron chi connectivity index (χ4n) is 1.75. The van der Waals surface area contributed by atoms with E-state index in [9.17, 15) is 4.79 Å². The Balaban J connectivity index is 1.84. The summed E-state index contributed by atoms with van der Waals surface area (Å²) in [6.45, 7) is 0.506. The molecule has 0 amide bonds. The van der Waals surface area contributed by atoms with Crippen LogP contribution in [0.25, 0.3) is 10.7 Å². The Hall–Kier alpha value is -1.34. The number of carbonyl (C=O) groups is 1. The molecule has 18 heavy (non-hydrogen) atoms. The number of thioether (sulfide) groups is 1. The predicted octanol–water partition coefficient (Wildman–Crippen LogP) is 1.95. The van der Waals surface area contributed by atoms with Crippen molar-refractivity contribution in [2.75, 3.05) is 6.61 Å². The van der Waals surface area contributed by atoms with Crippen LogP contribution in [0.1, 0.15) is 6.42 Å². The van der Waals surface area contributed by atoms with Crippen LogP contribution in [0, 0.1) is 0 Å². The van der Waals surface area contributed by atoms with Gasteiger partial charge in [0, 0.05) is 13.5 Å². The predicted molar refractivity (Wildman–Crippen MR) is 69.5 cm³/mol. The molecule has 1 saturated heterocycles. The standard InChI is InChI=1S/C11H11N3O2S2/c1-14-9(7-3-2-6-17-7)12-13-11(14)18-8-4-5-16-10(8)15/h2-3,6,8H,4-5H2,1H3/t8-/m1/s1. The number of esters is 1. The Morgan fingerprint density at radius 1 is 1.56 bits per heavy atom. The smallest absolute Gasteiger partial charge is 0.319 e. The first-order chi connectivity index (χ1) is 8.75. The van der Waals surface area contributed by atoms with Gasteiger partial charge in [0.15, 0.2) is 11.0 Å². The van der Waals surface area contributed by atoms with Gasteiger partial charge >= 0.3 is 5.97 Å². The molecule has 1 fully saturated rings. The van der Waals surface area contributed by atoms with Crippen LogP contribution in [0.3, 0.4) is 0 Å². The molecule has 0 aliphatic carbocycles. The molecule has 0 aromatic carbocycles. The maximum absolute atomic E-state index is 11.4. The van der Waals surface area contributed by atoms with E-state index < -0.39 is 0 Å². The zero-order valence-electron chi connectivity index (χ0n) is 9.70. The second-order valence-corrected chi connectivity index (χ2v) is 6.02. The van der Waals surface area contributed by atoms with E-state index >= 15 is 0 Å². The van der Waals surface area contributed by atoms with Crippen LogP contribution in [-0.2, 0) is 16.6 Å². The summed E-state index contributed by atoms with van der Waals surface area (Å²) < 4.78 is 6.86. The lowest BCUT2D eigenvalue weighted by atomic mass is 10.4. The van der Waals surface area contributed by atoms with Crippen LogP contribution in [0.5, 0.6) is 0 Å². The number of hydrogen-bond donors (Lipinski definition) is 0. The van der Waals surface area contributed by atoms with E-state index in [1.54, 1.807) is 11.3 Å². The third-order valence-corrected chi connectivity index (χ3v) is 4.86. The topological polar surface area (TPSA) is 57.0 Å². The highest BCUT2D eigenvalue weighted by Gasteiger charge is 2.29. The molecule has 3 rings (SSSR count). The van der Waals surface area contributed by atoms with Crippen molar-refractivity contribution in [1.82, 2.24) is 14.8 Å². The van der Waals surface area contributed by atoms with E-state index in [-0.39, 0.29) is 11.2 Å². The first-order valence-electron chi connectivity index (χ1n) is 5.52. The molecule has 0 unspecified atom stereocenters. The first-order valence-corrected chi connectivity index (χ1v) is 7.28. The second kappa shape index (κ2) is 4.74. The van der Waals surface area contributed by atoms with E-state index in [4.69, 9.17) is 4.74 Å². The summed E-state index contributed by atoms with van der Waals surface area (Å²) in [6, 6.07) is 3.99. The minimum absolute atomic E-state index is 0.149. The summed E-state index contributed by atoms with van der Waals surface area (Å²) >= 11 is 3.05. The minimum Gasteiger partial charge on any atom is -0.465 e. The normalized spacial score (nSPS) is 19.2. The van der Waals surface area contributed by atoms with E-state index in [2.05, 4.69) is 10.2 Å². The van der Waals surface area contributed by atoms with E-state index in [0.29, 0.717) is 6.61 Å². The highest BCUT2D eigenvalue weighted by Crippen LogP contribution is 2.31. The van der Waals surface area contributed by atoms with Crippen LogP contribution in [0.15, 0.2) is 22.7 Å². The highest BCUT2D eigenvalue weighted by atomic mass is 32.2. The van der Waals surface area contributed by atoms with Crippen molar-refractivity contribution in [2.45, 2.75) is 16.8 Å². The Morgan fingerprint density at radius 3 is 3.11 bits per heavy atom. The number of ether oxygens (including phenoxy) is 1. The summed E-state index contributed by atoms with van der Waals surface area (Å²) in [7, 11) is 1.91. The number of rotatable bonds is 3. The Bertz CT molecular complexity index is 565. The second-order valence-electron chi connectivity index (χ2n) is 3.91. The Labute approximate surface area is 112 Å². The maximum atomic E-state index is 11.4. The third kappa shape index (κ3) is 2.04. The molecule has 3 heterocycles. The fourth-order valence-corrected chi connectivity index (χ4v) is 3.46. The van der Waals surface area contributed by atoms with Crippen molar-refractivity contribution in [3.05, 3.63) is 17.5 Å². The van der Waals surface area contributed by atoms with Crippen LogP contribution in [-0.4, -0.2) is 32.6 Å². The molecule has 94 valence electrons. The molecule has 0 radical (unpaired) electrons. The largest absolute Gasteiger partial charge is 0.465 e. The van der Waals surface area contributed by atoms with Gasteiger partial charge in [0.25, 0.3) is 0 Å². The summed E-state index contributed by atoms with van der Waals surface area (Å²) in [5.41, 5.74) is 0. The van der Waals surface area contributed by atoms with Crippen LogP contribution < -0.4 is 0 Å². The molecule has 7 heteroatoms. The fraction of sp³-hybridized carbons (Fsp3) is 0.364. The molecule has 0 spiro atoms. The highest BCUT2D eigenvalue weighted by molar-refractivity contribution is 8.00. The lowest BCUT2D eigenvalue weighted by molar-refractivity contribution is -0.137. The van der Waals surface area contributed by atoms with Gasteiger partial charge in [-0.05, 0) is 11.4 Å². The Kier molecular flexibility index (Phi) is 3.09. The van der Waals surface area contributed by atoms with Gasteiger partial charge in [-0.1, -0.05) is 17.8 Å². The van der Waals surface area contributed by atoms with Crippen molar-refractivity contribution in [2.24, 2.45) is 7.05 Å². The lowest BCUT2D eigenvalue weighted by Gasteiger charge is -2.04. The third-order valence-electron chi connectivity index (χ3n) is 2.71. The molecule has 5 nitrogen and oxygen atoms in total. The van der Waals surface area contributed by atoms with Gasteiger partial charge in [-0.2, -0.15) is 0 Å². The zero-order valence-corrected chi connectivity index (χ0v) is 11.3. The number of aromatic nitrogens is 3. The van der Waals surface area contributed by atoms with Crippen molar-refractivity contribution >= 4 is 29.1 Å². The first kappa shape index (κ1) is 11.7. The molecule has 0 saturated carbocycles. The summed E-state index contributed by atoms with van der Waals surface area (Å²) in [5.74, 6) is 0.680. The van der Waals surface area contributed by atoms with Crippen LogP contribution >= 0.6 is 23.1 Å². The number of nitrogens with zero attached hydrogens (tertiary/aromatic N) is 3. The average Bonchev–Trinajstić information content (AvgIpc) is 3.05. The molecular weight excluding hydrogens is 270 g/mol. The van der Waals surface area contributed by atoms with E-state index in [1.165, 1.54) is 11.8 Å². The van der Waals surface area contributed by atoms with Gasteiger partial charge in [-0.25, -0.2) is 0 Å². The van der Waals surface area contributed by atoms with Crippen molar-refractivity contribution in [3.8, 4) is 10.7 Å². The van der Waals surface area contributed by atoms with Crippen LogP contribution in [0.2, 0.25) is 0 Å². The molecule has 2 aromatic rings. The van der Waals surface area contributed by atoms with Gasteiger partial charge in [0.1, 0.15) is 5.25 Å². The molecule has 1 aliphatic heterocycles. The van der Waals surface area contributed by atoms with Crippen molar-refractivity contribution < 1.29 is 9.53 Å².